The lowest BCUT2D eigenvalue weighted by molar-refractivity contribution is -0.119. The molecule has 0 fully saturated rings. The fourth-order valence-electron chi connectivity index (χ4n) is 1.37. The van der Waals surface area contributed by atoms with Crippen LogP contribution >= 0.6 is 15.9 Å². The van der Waals surface area contributed by atoms with Gasteiger partial charge in [0.05, 0.1) is 10.0 Å². The molecular formula is C11H12BrF2NO3. The summed E-state index contributed by atoms with van der Waals surface area (Å²) in [4.78, 5) is 10.6. The first kappa shape index (κ1) is 15.0. The zero-order valence-corrected chi connectivity index (χ0v) is 11.0. The molecule has 4 nitrogen and oxygen atoms in total. The van der Waals surface area contributed by atoms with Crippen LogP contribution in [0.15, 0.2) is 16.6 Å². The summed E-state index contributed by atoms with van der Waals surface area (Å²) in [6.45, 7) is 0.918. The van der Waals surface area contributed by atoms with Crippen molar-refractivity contribution in [3.05, 3.63) is 33.8 Å². The Morgan fingerprint density at radius 3 is 2.61 bits per heavy atom. The van der Waals surface area contributed by atoms with Crippen LogP contribution in [0.1, 0.15) is 18.6 Å². The number of hydrogen-bond acceptors (Lipinski definition) is 3. The van der Waals surface area contributed by atoms with Crippen molar-refractivity contribution in [2.75, 3.05) is 6.54 Å². The number of aliphatic hydroxyl groups is 2. The van der Waals surface area contributed by atoms with Crippen molar-refractivity contribution >= 4 is 21.8 Å². The number of halogens is 3. The minimum Gasteiger partial charge on any atom is -0.388 e. The minimum atomic E-state index is -1.77. The van der Waals surface area contributed by atoms with E-state index in [1.165, 1.54) is 6.92 Å². The van der Waals surface area contributed by atoms with Gasteiger partial charge in [0.25, 0.3) is 0 Å². The van der Waals surface area contributed by atoms with E-state index in [1.54, 1.807) is 0 Å². The summed E-state index contributed by atoms with van der Waals surface area (Å²) in [5.41, 5.74) is -0.637. The SMILES string of the molecule is CC(=O)NCC(O)C(O)c1c(F)ccc(Br)c1F. The van der Waals surface area contributed by atoms with Crippen molar-refractivity contribution in [2.24, 2.45) is 0 Å². The van der Waals surface area contributed by atoms with Gasteiger partial charge in [0.1, 0.15) is 23.8 Å². The Kier molecular flexibility index (Phi) is 5.18. The Balaban J connectivity index is 2.92. The van der Waals surface area contributed by atoms with Gasteiger partial charge in [-0.05, 0) is 28.1 Å². The number of carbonyl (C=O) groups excluding carboxylic acids is 1. The molecule has 0 aliphatic carbocycles. The predicted octanol–water partition coefficient (Wildman–Crippen LogP) is 1.26. The molecule has 100 valence electrons. The first-order valence-corrected chi connectivity index (χ1v) is 5.87. The molecule has 0 aliphatic heterocycles. The van der Waals surface area contributed by atoms with Crippen LogP contribution in [0.3, 0.4) is 0 Å². The maximum Gasteiger partial charge on any atom is 0.216 e. The largest absolute Gasteiger partial charge is 0.388 e. The summed E-state index contributed by atoms with van der Waals surface area (Å²) in [6, 6.07) is 2.12. The highest BCUT2D eigenvalue weighted by molar-refractivity contribution is 9.10. The lowest BCUT2D eigenvalue weighted by Gasteiger charge is -2.19. The van der Waals surface area contributed by atoms with Gasteiger partial charge >= 0.3 is 0 Å². The quantitative estimate of drug-likeness (QED) is 0.731. The van der Waals surface area contributed by atoms with Gasteiger partial charge in [-0.3, -0.25) is 4.79 Å². The normalized spacial score (nSPS) is 14.1. The molecule has 18 heavy (non-hydrogen) atoms. The van der Waals surface area contributed by atoms with Crippen molar-refractivity contribution in [3.8, 4) is 0 Å². The summed E-state index contributed by atoms with van der Waals surface area (Å²) >= 11 is 2.86. The molecule has 1 amide bonds. The Morgan fingerprint density at radius 1 is 1.44 bits per heavy atom. The average molecular weight is 324 g/mol. The highest BCUT2D eigenvalue weighted by Crippen LogP contribution is 2.28. The zero-order chi connectivity index (χ0) is 13.9. The van der Waals surface area contributed by atoms with E-state index in [-0.39, 0.29) is 11.0 Å². The fraction of sp³-hybridized carbons (Fsp3) is 0.364. The van der Waals surface area contributed by atoms with E-state index in [0.29, 0.717) is 0 Å². The summed E-state index contributed by atoms with van der Waals surface area (Å²) in [5, 5.41) is 21.5. The smallest absolute Gasteiger partial charge is 0.216 e. The predicted molar refractivity (Wildman–Crippen MR) is 63.7 cm³/mol. The van der Waals surface area contributed by atoms with Gasteiger partial charge in [0, 0.05) is 13.5 Å². The Labute approximate surface area is 111 Å². The molecule has 0 bridgehead atoms. The van der Waals surface area contributed by atoms with Crippen LogP contribution in [-0.2, 0) is 4.79 Å². The highest BCUT2D eigenvalue weighted by atomic mass is 79.9. The Morgan fingerprint density at radius 2 is 2.06 bits per heavy atom. The topological polar surface area (TPSA) is 69.6 Å². The third-order valence-corrected chi connectivity index (χ3v) is 2.91. The van der Waals surface area contributed by atoms with E-state index >= 15 is 0 Å². The summed E-state index contributed by atoms with van der Waals surface area (Å²) < 4.78 is 27.0. The van der Waals surface area contributed by atoms with Gasteiger partial charge in [-0.15, -0.1) is 0 Å². The van der Waals surface area contributed by atoms with E-state index < -0.39 is 35.3 Å². The molecule has 1 aromatic carbocycles. The van der Waals surface area contributed by atoms with Gasteiger partial charge in [-0.2, -0.15) is 0 Å². The summed E-state index contributed by atoms with van der Waals surface area (Å²) in [5.74, 6) is -2.37. The molecule has 0 saturated heterocycles. The Hall–Kier alpha value is -1.05. The van der Waals surface area contributed by atoms with Crippen LogP contribution in [0.4, 0.5) is 8.78 Å². The number of nitrogens with one attached hydrogen (secondary N) is 1. The standard InChI is InChI=1S/C11H12BrF2NO3/c1-5(16)15-4-8(17)11(18)9-7(13)3-2-6(12)10(9)14/h2-3,8,11,17-18H,4H2,1H3,(H,15,16). The van der Waals surface area contributed by atoms with Crippen LogP contribution in [0, 0.1) is 11.6 Å². The maximum absolute atomic E-state index is 13.6. The second-order valence-electron chi connectivity index (χ2n) is 3.71. The van der Waals surface area contributed by atoms with Gasteiger partial charge in [0.2, 0.25) is 5.91 Å². The number of amides is 1. The molecule has 2 unspecified atom stereocenters. The third-order valence-electron chi connectivity index (χ3n) is 2.30. The average Bonchev–Trinajstić information content (AvgIpc) is 2.31. The molecule has 7 heteroatoms. The van der Waals surface area contributed by atoms with E-state index in [9.17, 15) is 23.8 Å². The minimum absolute atomic E-state index is 0.0234. The lowest BCUT2D eigenvalue weighted by Crippen LogP contribution is -2.34. The molecule has 0 heterocycles. The van der Waals surface area contributed by atoms with Gasteiger partial charge in [-0.1, -0.05) is 0 Å². The molecule has 0 aromatic heterocycles. The Bertz CT molecular complexity index is 456. The van der Waals surface area contributed by atoms with E-state index in [1.807, 2.05) is 0 Å². The summed E-state index contributed by atoms with van der Waals surface area (Å²) in [6.07, 6.45) is -3.28. The molecule has 3 N–H and O–H groups in total. The molecule has 1 rings (SSSR count). The van der Waals surface area contributed by atoms with Crippen LogP contribution in [0.2, 0.25) is 0 Å². The number of carbonyl (C=O) groups is 1. The first-order valence-electron chi connectivity index (χ1n) is 5.08. The second kappa shape index (κ2) is 6.21. The monoisotopic (exact) mass is 323 g/mol. The van der Waals surface area contributed by atoms with Crippen molar-refractivity contribution in [1.82, 2.24) is 5.32 Å². The number of benzene rings is 1. The fourth-order valence-corrected chi connectivity index (χ4v) is 1.71. The molecule has 1 aromatic rings. The first-order chi connectivity index (χ1) is 8.34. The van der Waals surface area contributed by atoms with Crippen molar-refractivity contribution in [3.63, 3.8) is 0 Å². The number of hydrogen-bond donors (Lipinski definition) is 3. The van der Waals surface area contributed by atoms with Gasteiger partial charge in [0.15, 0.2) is 0 Å². The maximum atomic E-state index is 13.6. The van der Waals surface area contributed by atoms with Crippen molar-refractivity contribution < 1.29 is 23.8 Å². The highest BCUT2D eigenvalue weighted by Gasteiger charge is 2.26. The van der Waals surface area contributed by atoms with Crippen LogP contribution in [0.5, 0.6) is 0 Å². The lowest BCUT2D eigenvalue weighted by atomic mass is 10.0. The van der Waals surface area contributed by atoms with Gasteiger partial charge < -0.3 is 15.5 Å². The van der Waals surface area contributed by atoms with Crippen molar-refractivity contribution in [1.29, 1.82) is 0 Å². The molecule has 0 saturated carbocycles. The van der Waals surface area contributed by atoms with Crippen LogP contribution < -0.4 is 5.32 Å². The van der Waals surface area contributed by atoms with E-state index in [0.717, 1.165) is 12.1 Å². The second-order valence-corrected chi connectivity index (χ2v) is 4.56. The molecule has 2 atom stereocenters. The molecular weight excluding hydrogens is 312 g/mol. The van der Waals surface area contributed by atoms with Gasteiger partial charge in [-0.25, -0.2) is 8.78 Å². The number of rotatable bonds is 4. The van der Waals surface area contributed by atoms with E-state index in [4.69, 9.17) is 0 Å². The van der Waals surface area contributed by atoms with Crippen LogP contribution in [-0.4, -0.2) is 28.8 Å². The summed E-state index contributed by atoms with van der Waals surface area (Å²) in [7, 11) is 0. The molecule has 0 aliphatic rings. The number of aliphatic hydroxyl groups excluding tert-OH is 2. The van der Waals surface area contributed by atoms with Crippen molar-refractivity contribution in [2.45, 2.75) is 19.1 Å². The zero-order valence-electron chi connectivity index (χ0n) is 9.45. The third kappa shape index (κ3) is 3.47. The van der Waals surface area contributed by atoms with Crippen LogP contribution in [0.25, 0.3) is 0 Å². The van der Waals surface area contributed by atoms with E-state index in [2.05, 4.69) is 21.2 Å². The molecule has 0 radical (unpaired) electrons. The molecule has 0 spiro atoms.